The predicted octanol–water partition coefficient (Wildman–Crippen LogP) is 1.47. The number of hydrogen-bond donors (Lipinski definition) is 0. The van der Waals surface area contributed by atoms with Gasteiger partial charge in [0.1, 0.15) is 17.0 Å². The number of carbonyl (C=O) groups is 2. The van der Waals surface area contributed by atoms with Crippen LogP contribution in [0.4, 0.5) is 5.69 Å². The summed E-state index contributed by atoms with van der Waals surface area (Å²) in [5.74, 6) is -1.15. The van der Waals surface area contributed by atoms with Gasteiger partial charge in [0.25, 0.3) is 5.69 Å². The maximum Gasteiger partial charge on any atom is 0.284 e. The van der Waals surface area contributed by atoms with E-state index in [1.165, 1.54) is 6.20 Å². The van der Waals surface area contributed by atoms with E-state index in [0.29, 0.717) is 5.56 Å². The van der Waals surface area contributed by atoms with Crippen LogP contribution in [0, 0.1) is 17.0 Å². The molecule has 2 aromatic heterocycles. The molecule has 0 spiro atoms. The molecule has 98 valence electrons. The van der Waals surface area contributed by atoms with Gasteiger partial charge < -0.3 is 0 Å². The van der Waals surface area contributed by atoms with Gasteiger partial charge in [0.2, 0.25) is 11.6 Å². The van der Waals surface area contributed by atoms with Crippen molar-refractivity contribution in [1.82, 2.24) is 9.97 Å². The van der Waals surface area contributed by atoms with E-state index in [1.807, 2.05) is 0 Å². The number of aromatic nitrogens is 2. The molecule has 0 fully saturated rings. The number of nitro groups is 1. The highest BCUT2D eigenvalue weighted by molar-refractivity contribution is 6.28. The number of hydrogen-bond acceptors (Lipinski definition) is 6. The molecule has 1 aliphatic carbocycles. The monoisotopic (exact) mass is 269 g/mol. The first-order valence-electron chi connectivity index (χ1n) is 5.70. The molecule has 2 aromatic rings. The highest BCUT2D eigenvalue weighted by Gasteiger charge is 2.38. The molecule has 0 radical (unpaired) electrons. The molecule has 0 N–H and O–H groups in total. The second-order valence-corrected chi connectivity index (χ2v) is 4.32. The fourth-order valence-corrected chi connectivity index (χ4v) is 2.25. The molecule has 0 saturated heterocycles. The van der Waals surface area contributed by atoms with E-state index in [4.69, 9.17) is 0 Å². The van der Waals surface area contributed by atoms with Gasteiger partial charge in [-0.15, -0.1) is 0 Å². The smallest absolute Gasteiger partial charge is 0.284 e. The fraction of sp³-hybridized carbons (Fsp3) is 0.0769. The van der Waals surface area contributed by atoms with E-state index >= 15 is 0 Å². The largest absolute Gasteiger partial charge is 0.287 e. The van der Waals surface area contributed by atoms with E-state index in [-0.39, 0.29) is 22.5 Å². The molecule has 0 unspecified atom stereocenters. The van der Waals surface area contributed by atoms with Gasteiger partial charge >= 0.3 is 0 Å². The Labute approximate surface area is 112 Å². The van der Waals surface area contributed by atoms with Crippen molar-refractivity contribution < 1.29 is 14.5 Å². The molecule has 0 saturated carbocycles. The lowest BCUT2D eigenvalue weighted by Gasteiger charge is -2.16. The predicted molar refractivity (Wildman–Crippen MR) is 66.7 cm³/mol. The Morgan fingerprint density at radius 1 is 1.00 bits per heavy atom. The summed E-state index contributed by atoms with van der Waals surface area (Å²) in [7, 11) is 0. The van der Waals surface area contributed by atoms with Crippen LogP contribution >= 0.6 is 0 Å². The zero-order valence-corrected chi connectivity index (χ0v) is 10.3. The van der Waals surface area contributed by atoms with E-state index in [2.05, 4.69) is 9.97 Å². The SMILES string of the molecule is Cc1ccnc2c1C(=O)c1nccc([N+](=O)[O-])c1C2=O. The summed E-state index contributed by atoms with van der Waals surface area (Å²) in [6, 6.07) is 2.71. The zero-order valence-electron chi connectivity index (χ0n) is 10.3. The van der Waals surface area contributed by atoms with Crippen molar-refractivity contribution in [3.05, 3.63) is 62.7 Å². The van der Waals surface area contributed by atoms with Crippen LogP contribution in [0.1, 0.15) is 37.7 Å². The average molecular weight is 269 g/mol. The van der Waals surface area contributed by atoms with Crippen LogP contribution in [0.2, 0.25) is 0 Å². The lowest BCUT2D eigenvalue weighted by molar-refractivity contribution is -0.385. The lowest BCUT2D eigenvalue weighted by Crippen LogP contribution is -2.25. The Kier molecular flexibility index (Phi) is 2.43. The maximum absolute atomic E-state index is 12.4. The first kappa shape index (κ1) is 12.1. The van der Waals surface area contributed by atoms with Crippen LogP contribution in [-0.4, -0.2) is 26.5 Å². The molecule has 20 heavy (non-hydrogen) atoms. The van der Waals surface area contributed by atoms with Crippen molar-refractivity contribution >= 4 is 17.3 Å². The Morgan fingerprint density at radius 3 is 2.20 bits per heavy atom. The molecule has 0 aliphatic heterocycles. The molecule has 0 amide bonds. The van der Waals surface area contributed by atoms with Crippen molar-refractivity contribution in [3.8, 4) is 0 Å². The van der Waals surface area contributed by atoms with E-state index < -0.39 is 22.2 Å². The first-order chi connectivity index (χ1) is 9.52. The standard InChI is InChI=1S/C13H7N3O4/c1-6-2-4-14-10-8(6)12(17)11-9(13(10)18)7(16(19)20)3-5-15-11/h2-5H,1H3. The number of ketones is 2. The van der Waals surface area contributed by atoms with Gasteiger partial charge in [0.15, 0.2) is 0 Å². The number of rotatable bonds is 1. The second-order valence-electron chi connectivity index (χ2n) is 4.32. The van der Waals surface area contributed by atoms with Crippen molar-refractivity contribution in [3.63, 3.8) is 0 Å². The Morgan fingerprint density at radius 2 is 1.55 bits per heavy atom. The van der Waals surface area contributed by atoms with Crippen molar-refractivity contribution in [1.29, 1.82) is 0 Å². The first-order valence-corrected chi connectivity index (χ1v) is 5.70. The quantitative estimate of drug-likeness (QED) is 0.489. The molecular formula is C13H7N3O4. The van der Waals surface area contributed by atoms with Gasteiger partial charge in [-0.25, -0.2) is 0 Å². The van der Waals surface area contributed by atoms with Crippen LogP contribution in [-0.2, 0) is 0 Å². The number of carbonyl (C=O) groups excluding carboxylic acids is 2. The van der Waals surface area contributed by atoms with Crippen LogP contribution < -0.4 is 0 Å². The van der Waals surface area contributed by atoms with E-state index in [1.54, 1.807) is 13.0 Å². The summed E-state index contributed by atoms with van der Waals surface area (Å²) in [6.07, 6.45) is 2.55. The van der Waals surface area contributed by atoms with Gasteiger partial charge in [0, 0.05) is 18.5 Å². The molecule has 0 bridgehead atoms. The van der Waals surface area contributed by atoms with Crippen LogP contribution in [0.25, 0.3) is 0 Å². The molecule has 2 heterocycles. The van der Waals surface area contributed by atoms with Crippen LogP contribution in [0.3, 0.4) is 0 Å². The zero-order chi connectivity index (χ0) is 14.4. The topological polar surface area (TPSA) is 103 Å². The molecule has 0 atom stereocenters. The van der Waals surface area contributed by atoms with Crippen molar-refractivity contribution in [2.75, 3.05) is 0 Å². The molecule has 0 aromatic carbocycles. The summed E-state index contributed by atoms with van der Waals surface area (Å²) in [6.45, 7) is 1.67. The number of pyridine rings is 2. The maximum atomic E-state index is 12.4. The number of nitrogens with zero attached hydrogens (tertiary/aromatic N) is 3. The van der Waals surface area contributed by atoms with Gasteiger partial charge in [0.05, 0.1) is 10.5 Å². The lowest BCUT2D eigenvalue weighted by atomic mass is 9.87. The van der Waals surface area contributed by atoms with Crippen molar-refractivity contribution in [2.24, 2.45) is 0 Å². The summed E-state index contributed by atoms with van der Waals surface area (Å²) in [4.78, 5) is 42.8. The summed E-state index contributed by atoms with van der Waals surface area (Å²) in [5, 5.41) is 11.0. The Bertz CT molecular complexity index is 798. The third-order valence-electron chi connectivity index (χ3n) is 3.17. The van der Waals surface area contributed by atoms with Gasteiger partial charge in [-0.3, -0.25) is 29.7 Å². The fourth-order valence-electron chi connectivity index (χ4n) is 2.25. The van der Waals surface area contributed by atoms with Gasteiger partial charge in [-0.1, -0.05) is 0 Å². The van der Waals surface area contributed by atoms with Crippen LogP contribution in [0.5, 0.6) is 0 Å². The van der Waals surface area contributed by atoms with Crippen LogP contribution in [0.15, 0.2) is 24.5 Å². The third kappa shape index (κ3) is 1.46. The molecule has 7 nitrogen and oxygen atoms in total. The minimum atomic E-state index is -0.702. The Hall–Kier alpha value is -2.96. The third-order valence-corrected chi connectivity index (χ3v) is 3.17. The number of fused-ring (bicyclic) bond motifs is 2. The van der Waals surface area contributed by atoms with E-state index in [9.17, 15) is 19.7 Å². The second kappa shape index (κ2) is 4.02. The van der Waals surface area contributed by atoms with Gasteiger partial charge in [-0.05, 0) is 18.6 Å². The summed E-state index contributed by atoms with van der Waals surface area (Å²) < 4.78 is 0. The highest BCUT2D eigenvalue weighted by atomic mass is 16.6. The number of aryl methyl sites for hydroxylation is 1. The summed E-state index contributed by atoms with van der Waals surface area (Å²) in [5.41, 5.74) is -0.202. The normalized spacial score (nSPS) is 12.8. The molecule has 1 aliphatic rings. The minimum absolute atomic E-state index is 0.0569. The van der Waals surface area contributed by atoms with E-state index in [0.717, 1.165) is 12.3 Å². The highest BCUT2D eigenvalue weighted by Crippen LogP contribution is 2.31. The molecule has 7 heteroatoms. The molecular weight excluding hydrogens is 262 g/mol. The minimum Gasteiger partial charge on any atom is -0.287 e. The Balaban J connectivity index is 2.38. The average Bonchev–Trinajstić information content (AvgIpc) is 2.43. The summed E-state index contributed by atoms with van der Waals surface area (Å²) >= 11 is 0. The van der Waals surface area contributed by atoms with Gasteiger partial charge in [-0.2, -0.15) is 0 Å². The van der Waals surface area contributed by atoms with Crippen molar-refractivity contribution in [2.45, 2.75) is 6.92 Å². The molecule has 3 rings (SSSR count).